The first kappa shape index (κ1) is 19.8. The monoisotopic (exact) mass is 358 g/mol. The van der Waals surface area contributed by atoms with Crippen molar-refractivity contribution in [2.75, 3.05) is 13.2 Å². The van der Waals surface area contributed by atoms with Crippen LogP contribution >= 0.6 is 0 Å². The second-order valence-corrected chi connectivity index (χ2v) is 6.05. The van der Waals surface area contributed by atoms with Crippen LogP contribution in [0.15, 0.2) is 0 Å². The van der Waals surface area contributed by atoms with Crippen molar-refractivity contribution < 1.29 is 54.3 Å². The first-order valence-electron chi connectivity index (χ1n) is 7.43. The van der Waals surface area contributed by atoms with E-state index in [0.29, 0.717) is 0 Å². The lowest BCUT2D eigenvalue weighted by atomic mass is 9.93. The van der Waals surface area contributed by atoms with Gasteiger partial charge in [-0.15, -0.1) is 0 Å². The fourth-order valence-electron chi connectivity index (χ4n) is 2.77. The van der Waals surface area contributed by atoms with Crippen molar-refractivity contribution in [1.82, 2.24) is 0 Å². The molecule has 2 aliphatic heterocycles. The molecule has 142 valence electrons. The van der Waals surface area contributed by atoms with Gasteiger partial charge < -0.3 is 50.0 Å². The van der Waals surface area contributed by atoms with Gasteiger partial charge >= 0.3 is 0 Å². The van der Waals surface area contributed by atoms with Crippen LogP contribution in [0.25, 0.3) is 0 Å². The average Bonchev–Trinajstić information content (AvgIpc) is 2.57. The molecule has 0 saturated carbocycles. The standard InChI is InChI=1S/C13H23FO10/c1-13(11(21)10(20)8(18)5(3-16)23-13)24-12-6(14)9(19)7(17)4(2-15)22-12/h4-12,15-21H,2-3H2,1H3/t4?,5?,6?,7-,8+,9?,10+,11?,12-,13-/m1/s1. The lowest BCUT2D eigenvalue weighted by Gasteiger charge is -2.49. The minimum atomic E-state index is -2.24. The number of aliphatic hydroxyl groups is 7. The van der Waals surface area contributed by atoms with E-state index >= 15 is 0 Å². The summed E-state index contributed by atoms with van der Waals surface area (Å²) in [7, 11) is 0. The van der Waals surface area contributed by atoms with E-state index in [1.807, 2.05) is 0 Å². The van der Waals surface area contributed by atoms with E-state index in [1.54, 1.807) is 0 Å². The van der Waals surface area contributed by atoms with Crippen molar-refractivity contribution in [3.8, 4) is 0 Å². The summed E-state index contributed by atoms with van der Waals surface area (Å²) < 4.78 is 29.6. The number of aliphatic hydroxyl groups excluding tert-OH is 7. The first-order valence-corrected chi connectivity index (χ1v) is 7.43. The normalized spacial score (nSPS) is 53.1. The Morgan fingerprint density at radius 1 is 0.917 bits per heavy atom. The first-order chi connectivity index (χ1) is 11.2. The largest absolute Gasteiger partial charge is 0.394 e. The van der Waals surface area contributed by atoms with Gasteiger partial charge in [0.2, 0.25) is 0 Å². The van der Waals surface area contributed by atoms with Crippen molar-refractivity contribution in [3.05, 3.63) is 0 Å². The van der Waals surface area contributed by atoms with E-state index in [-0.39, 0.29) is 0 Å². The summed E-state index contributed by atoms with van der Waals surface area (Å²) in [5.41, 5.74) is 0. The van der Waals surface area contributed by atoms with Crippen molar-refractivity contribution >= 4 is 0 Å². The SMILES string of the molecule is C[C@]1(O[C@H]2OC(CO)[C@@H](O)C(O)C2F)OC(CO)[C@H](O)[C@H](O)C1O. The Balaban J connectivity index is 2.18. The van der Waals surface area contributed by atoms with E-state index in [4.69, 9.17) is 24.4 Å². The van der Waals surface area contributed by atoms with Crippen LogP contribution in [-0.4, -0.2) is 110 Å². The molecule has 0 spiro atoms. The van der Waals surface area contributed by atoms with E-state index in [9.17, 15) is 29.9 Å². The molecule has 2 saturated heterocycles. The molecule has 2 fully saturated rings. The highest BCUT2D eigenvalue weighted by molar-refractivity contribution is 4.97. The average molecular weight is 358 g/mol. The Hall–Kier alpha value is -0.470. The highest BCUT2D eigenvalue weighted by Gasteiger charge is 2.55. The van der Waals surface area contributed by atoms with Gasteiger partial charge in [0.1, 0.15) is 42.7 Å². The Morgan fingerprint density at radius 3 is 2.00 bits per heavy atom. The number of alkyl halides is 1. The molecule has 2 rings (SSSR count). The molecule has 0 amide bonds. The maximum atomic E-state index is 14.2. The van der Waals surface area contributed by atoms with Crippen LogP contribution in [0.2, 0.25) is 0 Å². The summed E-state index contributed by atoms with van der Waals surface area (Å²) >= 11 is 0. The molecule has 0 aliphatic carbocycles. The van der Waals surface area contributed by atoms with E-state index in [1.165, 1.54) is 0 Å². The molecule has 2 aliphatic rings. The number of hydrogen-bond donors (Lipinski definition) is 7. The minimum absolute atomic E-state index is 0.713. The van der Waals surface area contributed by atoms with Gasteiger partial charge in [-0.1, -0.05) is 0 Å². The van der Waals surface area contributed by atoms with Crippen molar-refractivity contribution in [2.24, 2.45) is 0 Å². The maximum absolute atomic E-state index is 14.2. The molecule has 10 nitrogen and oxygen atoms in total. The van der Waals surface area contributed by atoms with Crippen molar-refractivity contribution in [1.29, 1.82) is 0 Å². The summed E-state index contributed by atoms with van der Waals surface area (Å²) in [5, 5.41) is 67.1. The summed E-state index contributed by atoms with van der Waals surface area (Å²) in [6, 6.07) is 0. The highest BCUT2D eigenvalue weighted by Crippen LogP contribution is 2.35. The molecule has 5 unspecified atom stereocenters. The predicted octanol–water partition coefficient (Wildman–Crippen LogP) is -4.03. The summed E-state index contributed by atoms with van der Waals surface area (Å²) in [4.78, 5) is 0. The van der Waals surface area contributed by atoms with Gasteiger partial charge in [0.15, 0.2) is 18.2 Å². The fraction of sp³-hybridized carbons (Fsp3) is 1.00. The molecule has 0 bridgehead atoms. The lowest BCUT2D eigenvalue weighted by Crippen LogP contribution is -2.67. The topological polar surface area (TPSA) is 169 Å². The lowest BCUT2D eigenvalue weighted by molar-refractivity contribution is -0.412. The van der Waals surface area contributed by atoms with Gasteiger partial charge in [0, 0.05) is 0 Å². The van der Waals surface area contributed by atoms with Crippen LogP contribution in [-0.2, 0) is 14.2 Å². The molecular formula is C13H23FO10. The van der Waals surface area contributed by atoms with Gasteiger partial charge in [-0.3, -0.25) is 0 Å². The third-order valence-corrected chi connectivity index (χ3v) is 4.31. The van der Waals surface area contributed by atoms with Crippen LogP contribution in [0.3, 0.4) is 0 Å². The summed E-state index contributed by atoms with van der Waals surface area (Å²) in [6.07, 6.45) is -15.6. The van der Waals surface area contributed by atoms with Crippen LogP contribution < -0.4 is 0 Å². The number of rotatable bonds is 4. The number of hydrogen-bond acceptors (Lipinski definition) is 10. The molecule has 0 aromatic heterocycles. The van der Waals surface area contributed by atoms with Gasteiger partial charge in [0.25, 0.3) is 0 Å². The smallest absolute Gasteiger partial charge is 0.197 e. The van der Waals surface area contributed by atoms with Crippen molar-refractivity contribution in [2.45, 2.75) is 67.9 Å². The van der Waals surface area contributed by atoms with Crippen LogP contribution in [0.4, 0.5) is 4.39 Å². The predicted molar refractivity (Wildman–Crippen MR) is 72.1 cm³/mol. The van der Waals surface area contributed by atoms with Crippen LogP contribution in [0, 0.1) is 0 Å². The molecule has 10 atom stereocenters. The maximum Gasteiger partial charge on any atom is 0.197 e. The van der Waals surface area contributed by atoms with E-state index in [2.05, 4.69) is 0 Å². The van der Waals surface area contributed by atoms with Gasteiger partial charge in [-0.05, 0) is 6.92 Å². The zero-order chi connectivity index (χ0) is 18.2. The van der Waals surface area contributed by atoms with Gasteiger partial charge in [-0.25, -0.2) is 4.39 Å². The van der Waals surface area contributed by atoms with Crippen LogP contribution in [0.1, 0.15) is 6.92 Å². The summed E-state index contributed by atoms with van der Waals surface area (Å²) in [6.45, 7) is -0.322. The fourth-order valence-corrected chi connectivity index (χ4v) is 2.77. The van der Waals surface area contributed by atoms with Gasteiger partial charge in [-0.2, -0.15) is 0 Å². The molecule has 0 aromatic carbocycles. The molecular weight excluding hydrogens is 335 g/mol. The minimum Gasteiger partial charge on any atom is -0.394 e. The Kier molecular flexibility index (Phi) is 6.13. The second kappa shape index (κ2) is 7.41. The molecule has 2 heterocycles. The Labute approximate surface area is 136 Å². The third-order valence-electron chi connectivity index (χ3n) is 4.31. The highest BCUT2D eigenvalue weighted by atomic mass is 19.1. The molecule has 11 heteroatoms. The van der Waals surface area contributed by atoms with E-state index < -0.39 is 74.2 Å². The van der Waals surface area contributed by atoms with Crippen molar-refractivity contribution in [3.63, 3.8) is 0 Å². The molecule has 0 aromatic rings. The third kappa shape index (κ3) is 3.42. The number of ether oxygens (including phenoxy) is 3. The quantitative estimate of drug-likeness (QED) is 0.263. The molecule has 24 heavy (non-hydrogen) atoms. The second-order valence-electron chi connectivity index (χ2n) is 6.05. The Bertz CT molecular complexity index is 424. The Morgan fingerprint density at radius 2 is 1.46 bits per heavy atom. The van der Waals surface area contributed by atoms with Gasteiger partial charge in [0.05, 0.1) is 13.2 Å². The molecule has 0 radical (unpaired) electrons. The van der Waals surface area contributed by atoms with E-state index in [0.717, 1.165) is 6.92 Å². The zero-order valence-corrected chi connectivity index (χ0v) is 12.8. The zero-order valence-electron chi connectivity index (χ0n) is 12.8. The molecule has 7 N–H and O–H groups in total. The summed E-state index contributed by atoms with van der Waals surface area (Å²) in [5.74, 6) is -2.09. The van der Waals surface area contributed by atoms with Crippen LogP contribution in [0.5, 0.6) is 0 Å². The number of halogens is 1.